The standard InChI is InChI=1S/C16H25N3S/c17-16-13-9-5-2-6-10-14(13)18-15(19-16)11-20-12-7-3-1-4-8-12/h12H,1-11H2,(H2,17,18,19). The van der Waals surface area contributed by atoms with E-state index in [1.54, 1.807) is 0 Å². The first-order valence-electron chi connectivity index (χ1n) is 8.08. The van der Waals surface area contributed by atoms with Gasteiger partial charge in [0.1, 0.15) is 11.6 Å². The van der Waals surface area contributed by atoms with Crippen LogP contribution < -0.4 is 5.73 Å². The second kappa shape index (κ2) is 6.79. The normalized spacial score (nSPS) is 20.4. The summed E-state index contributed by atoms with van der Waals surface area (Å²) in [5.41, 5.74) is 8.62. The number of aryl methyl sites for hydroxylation is 1. The molecular formula is C16H25N3S. The average molecular weight is 291 g/mol. The molecule has 0 spiro atoms. The van der Waals surface area contributed by atoms with Gasteiger partial charge in [-0.15, -0.1) is 0 Å². The van der Waals surface area contributed by atoms with E-state index in [1.165, 1.54) is 62.6 Å². The molecule has 0 saturated heterocycles. The Balaban J connectivity index is 1.67. The van der Waals surface area contributed by atoms with Crippen molar-refractivity contribution in [2.24, 2.45) is 0 Å². The summed E-state index contributed by atoms with van der Waals surface area (Å²) in [6, 6.07) is 0. The van der Waals surface area contributed by atoms with Gasteiger partial charge in [-0.2, -0.15) is 11.8 Å². The lowest BCUT2D eigenvalue weighted by atomic mass is 10.0. The van der Waals surface area contributed by atoms with Gasteiger partial charge >= 0.3 is 0 Å². The molecule has 0 amide bonds. The second-order valence-electron chi connectivity index (χ2n) is 6.08. The van der Waals surface area contributed by atoms with Gasteiger partial charge in [-0.3, -0.25) is 0 Å². The second-order valence-corrected chi connectivity index (χ2v) is 7.37. The van der Waals surface area contributed by atoms with Crippen LogP contribution in [0.1, 0.15) is 68.4 Å². The van der Waals surface area contributed by atoms with Crippen LogP contribution in [0.5, 0.6) is 0 Å². The first-order chi connectivity index (χ1) is 9.83. The highest BCUT2D eigenvalue weighted by atomic mass is 32.2. The zero-order valence-electron chi connectivity index (χ0n) is 12.2. The number of rotatable bonds is 3. The molecule has 2 aliphatic rings. The smallest absolute Gasteiger partial charge is 0.140 e. The predicted octanol–water partition coefficient (Wildman–Crippen LogP) is 3.89. The minimum Gasteiger partial charge on any atom is -0.383 e. The van der Waals surface area contributed by atoms with Crippen LogP contribution in [0.3, 0.4) is 0 Å². The summed E-state index contributed by atoms with van der Waals surface area (Å²) in [4.78, 5) is 9.36. The van der Waals surface area contributed by atoms with E-state index in [1.807, 2.05) is 11.8 Å². The summed E-state index contributed by atoms with van der Waals surface area (Å²) in [5, 5.41) is 0.812. The summed E-state index contributed by atoms with van der Waals surface area (Å²) in [7, 11) is 0. The largest absolute Gasteiger partial charge is 0.383 e. The van der Waals surface area contributed by atoms with Crippen LogP contribution in [0.25, 0.3) is 0 Å². The van der Waals surface area contributed by atoms with Crippen LogP contribution >= 0.6 is 11.8 Å². The summed E-state index contributed by atoms with van der Waals surface area (Å²) in [6.07, 6.45) is 12.9. The molecule has 1 aromatic rings. The highest BCUT2D eigenvalue weighted by molar-refractivity contribution is 7.99. The number of anilines is 1. The first-order valence-corrected chi connectivity index (χ1v) is 9.13. The highest BCUT2D eigenvalue weighted by Crippen LogP contribution is 2.30. The van der Waals surface area contributed by atoms with Gasteiger partial charge in [-0.25, -0.2) is 9.97 Å². The maximum Gasteiger partial charge on any atom is 0.140 e. The van der Waals surface area contributed by atoms with Crippen molar-refractivity contribution >= 4 is 17.6 Å². The van der Waals surface area contributed by atoms with Gasteiger partial charge in [0.25, 0.3) is 0 Å². The molecule has 0 radical (unpaired) electrons. The third kappa shape index (κ3) is 3.46. The van der Waals surface area contributed by atoms with E-state index in [0.717, 1.165) is 35.5 Å². The van der Waals surface area contributed by atoms with Crippen molar-refractivity contribution in [3.05, 3.63) is 17.1 Å². The van der Waals surface area contributed by atoms with Gasteiger partial charge in [-0.05, 0) is 38.5 Å². The molecular weight excluding hydrogens is 266 g/mol. The Labute approximate surface area is 126 Å². The van der Waals surface area contributed by atoms with E-state index in [0.29, 0.717) is 0 Å². The molecule has 1 aromatic heterocycles. The third-order valence-electron chi connectivity index (χ3n) is 4.51. The molecule has 0 aromatic carbocycles. The number of hydrogen-bond acceptors (Lipinski definition) is 4. The zero-order chi connectivity index (χ0) is 13.8. The topological polar surface area (TPSA) is 51.8 Å². The van der Waals surface area contributed by atoms with Crippen molar-refractivity contribution in [2.45, 2.75) is 75.2 Å². The van der Waals surface area contributed by atoms with Gasteiger partial charge in [0, 0.05) is 16.5 Å². The molecule has 2 N–H and O–H groups in total. The number of nitrogens with two attached hydrogens (primary N) is 1. The van der Waals surface area contributed by atoms with Crippen molar-refractivity contribution in [3.63, 3.8) is 0 Å². The summed E-state index contributed by atoms with van der Waals surface area (Å²) in [5.74, 6) is 2.64. The molecule has 4 heteroatoms. The summed E-state index contributed by atoms with van der Waals surface area (Å²) >= 11 is 2.03. The van der Waals surface area contributed by atoms with Gasteiger partial charge in [-0.1, -0.05) is 25.7 Å². The van der Waals surface area contributed by atoms with Crippen molar-refractivity contribution in [1.29, 1.82) is 0 Å². The van der Waals surface area contributed by atoms with Gasteiger partial charge < -0.3 is 5.73 Å². The van der Waals surface area contributed by atoms with E-state index in [2.05, 4.69) is 4.98 Å². The van der Waals surface area contributed by atoms with Crippen molar-refractivity contribution in [2.75, 3.05) is 5.73 Å². The zero-order valence-corrected chi connectivity index (χ0v) is 13.1. The molecule has 1 saturated carbocycles. The predicted molar refractivity (Wildman–Crippen MR) is 85.9 cm³/mol. The Kier molecular flexibility index (Phi) is 4.81. The van der Waals surface area contributed by atoms with Gasteiger partial charge in [0.05, 0.1) is 5.75 Å². The van der Waals surface area contributed by atoms with E-state index < -0.39 is 0 Å². The lowest BCUT2D eigenvalue weighted by molar-refractivity contribution is 0.516. The number of nitrogen functional groups attached to an aromatic ring is 1. The van der Waals surface area contributed by atoms with Crippen molar-refractivity contribution in [1.82, 2.24) is 9.97 Å². The molecule has 20 heavy (non-hydrogen) atoms. The molecule has 0 unspecified atom stereocenters. The molecule has 1 heterocycles. The molecule has 1 fully saturated rings. The molecule has 0 bridgehead atoms. The SMILES string of the molecule is Nc1nc(CSC2CCCCC2)nc2c1CCCCC2. The average Bonchev–Trinajstić information content (AvgIpc) is 2.72. The monoisotopic (exact) mass is 291 g/mol. The number of thioether (sulfide) groups is 1. The Hall–Kier alpha value is -0.770. The Bertz CT molecular complexity index is 455. The number of nitrogens with zero attached hydrogens (tertiary/aromatic N) is 2. The fourth-order valence-electron chi connectivity index (χ4n) is 3.34. The molecule has 2 aliphatic carbocycles. The molecule has 110 valence electrons. The van der Waals surface area contributed by atoms with Crippen molar-refractivity contribution < 1.29 is 0 Å². The Morgan fingerprint density at radius 1 is 0.950 bits per heavy atom. The van der Waals surface area contributed by atoms with Crippen LogP contribution in [0.2, 0.25) is 0 Å². The first kappa shape index (κ1) is 14.2. The summed E-state index contributed by atoms with van der Waals surface area (Å²) < 4.78 is 0. The third-order valence-corrected chi connectivity index (χ3v) is 5.88. The van der Waals surface area contributed by atoms with Crippen LogP contribution in [-0.2, 0) is 18.6 Å². The maximum absolute atomic E-state index is 6.16. The van der Waals surface area contributed by atoms with Crippen LogP contribution in [0.15, 0.2) is 0 Å². The van der Waals surface area contributed by atoms with Crippen LogP contribution in [0.4, 0.5) is 5.82 Å². The summed E-state index contributed by atoms with van der Waals surface area (Å²) in [6.45, 7) is 0. The van der Waals surface area contributed by atoms with E-state index in [4.69, 9.17) is 10.7 Å². The van der Waals surface area contributed by atoms with E-state index in [9.17, 15) is 0 Å². The molecule has 3 nitrogen and oxygen atoms in total. The number of hydrogen-bond donors (Lipinski definition) is 1. The molecule has 3 rings (SSSR count). The van der Waals surface area contributed by atoms with E-state index >= 15 is 0 Å². The highest BCUT2D eigenvalue weighted by Gasteiger charge is 2.17. The molecule has 0 atom stereocenters. The van der Waals surface area contributed by atoms with Crippen LogP contribution in [0, 0.1) is 0 Å². The minimum absolute atomic E-state index is 0.746. The Morgan fingerprint density at radius 2 is 1.70 bits per heavy atom. The quantitative estimate of drug-likeness (QED) is 0.858. The van der Waals surface area contributed by atoms with Gasteiger partial charge in [0.15, 0.2) is 0 Å². The van der Waals surface area contributed by atoms with Crippen molar-refractivity contribution in [3.8, 4) is 0 Å². The number of fused-ring (bicyclic) bond motifs is 1. The maximum atomic E-state index is 6.16. The van der Waals surface area contributed by atoms with Crippen LogP contribution in [-0.4, -0.2) is 15.2 Å². The minimum atomic E-state index is 0.746. The lowest BCUT2D eigenvalue weighted by Gasteiger charge is -2.20. The lowest BCUT2D eigenvalue weighted by Crippen LogP contribution is -2.11. The fraction of sp³-hybridized carbons (Fsp3) is 0.750. The van der Waals surface area contributed by atoms with E-state index in [-0.39, 0.29) is 0 Å². The number of aromatic nitrogens is 2. The molecule has 0 aliphatic heterocycles. The van der Waals surface area contributed by atoms with Gasteiger partial charge in [0.2, 0.25) is 0 Å². The fourth-order valence-corrected chi connectivity index (χ4v) is 4.52. The Morgan fingerprint density at radius 3 is 2.55 bits per heavy atom.